The molecule has 2 heterocycles. The summed E-state index contributed by atoms with van der Waals surface area (Å²) < 4.78 is 70.6. The fourth-order valence-corrected chi connectivity index (χ4v) is 10.8. The monoisotopic (exact) mass is 1060 g/mol. The summed E-state index contributed by atoms with van der Waals surface area (Å²) in [5.41, 5.74) is 6.54. The van der Waals surface area contributed by atoms with Crippen molar-refractivity contribution in [2.45, 2.75) is 112 Å². The third-order valence-corrected chi connectivity index (χ3v) is 14.9. The quantitative estimate of drug-likeness (QED) is 0.0493. The Bertz CT molecular complexity index is 2880. The highest BCUT2D eigenvalue weighted by atomic mass is 32.2. The molecule has 10 nitrogen and oxygen atoms in total. The molecular weight excluding hydrogens is 997 g/mol. The highest BCUT2D eigenvalue weighted by Crippen LogP contribution is 2.40. The van der Waals surface area contributed by atoms with E-state index in [4.69, 9.17) is 47.4 Å². The van der Waals surface area contributed by atoms with Crippen LogP contribution in [0, 0.1) is 0 Å². The lowest BCUT2D eigenvalue weighted by Crippen LogP contribution is -2.63. The van der Waals surface area contributed by atoms with Crippen LogP contribution in [0.4, 0.5) is 0 Å². The van der Waals surface area contributed by atoms with Crippen molar-refractivity contribution in [1.82, 2.24) is 0 Å². The van der Waals surface area contributed by atoms with Crippen LogP contribution in [0.15, 0.2) is 248 Å². The van der Waals surface area contributed by atoms with Crippen LogP contribution in [0.25, 0.3) is 0 Å². The van der Waals surface area contributed by atoms with Crippen LogP contribution in [-0.2, 0) is 93.6 Å². The van der Waals surface area contributed by atoms with E-state index in [0.29, 0.717) is 26.4 Å². The molecule has 10 rings (SSSR count). The van der Waals surface area contributed by atoms with Crippen molar-refractivity contribution in [3.63, 3.8) is 0 Å². The smallest absolute Gasteiger partial charge is 0.187 e. The molecule has 0 radical (unpaired) electrons. The molecule has 0 saturated carbocycles. The molecule has 78 heavy (non-hydrogen) atoms. The summed E-state index contributed by atoms with van der Waals surface area (Å²) in [4.78, 5) is 1.02. The molecule has 0 spiro atoms. The van der Waals surface area contributed by atoms with E-state index >= 15 is 0 Å². The fourth-order valence-electron chi connectivity index (χ4n) is 9.68. The van der Waals surface area contributed by atoms with E-state index in [1.165, 1.54) is 0 Å². The number of benzene rings is 8. The zero-order chi connectivity index (χ0) is 52.8. The molecule has 0 aromatic heterocycles. The summed E-state index contributed by atoms with van der Waals surface area (Å²) in [6, 6.07) is 81.3. The van der Waals surface area contributed by atoms with Gasteiger partial charge in [-0.15, -0.1) is 0 Å². The largest absolute Gasteiger partial charge is 0.374 e. The van der Waals surface area contributed by atoms with Crippen molar-refractivity contribution in [3.05, 3.63) is 282 Å². The van der Waals surface area contributed by atoms with Crippen LogP contribution in [0.3, 0.4) is 0 Å². The molecule has 2 aliphatic heterocycles. The molecule has 8 aromatic rings. The normalized spacial score (nSPS) is 23.2. The van der Waals surface area contributed by atoms with Crippen molar-refractivity contribution < 1.29 is 47.4 Å². The Hall–Kier alpha value is -6.29. The number of ether oxygens (including phenoxy) is 10. The minimum atomic E-state index is -0.995. The third kappa shape index (κ3) is 16.2. The zero-order valence-corrected chi connectivity index (χ0v) is 44.5. The van der Waals surface area contributed by atoms with Crippen LogP contribution < -0.4 is 0 Å². The van der Waals surface area contributed by atoms with Gasteiger partial charge in [0.05, 0.1) is 59.5 Å². The summed E-state index contributed by atoms with van der Waals surface area (Å²) in [6.45, 7) is 2.37. The molecule has 0 bridgehead atoms. The Morgan fingerprint density at radius 3 is 0.949 bits per heavy atom. The van der Waals surface area contributed by atoms with Crippen molar-refractivity contribution in [3.8, 4) is 0 Å². The van der Waals surface area contributed by atoms with E-state index < -0.39 is 60.6 Å². The summed E-state index contributed by atoms with van der Waals surface area (Å²) in [5, 5.41) is 0. The number of rotatable bonds is 27. The Labute approximate surface area is 463 Å². The summed E-state index contributed by atoms with van der Waals surface area (Å²) in [6.07, 6.45) is -6.40. The maximum atomic E-state index is 7.34. The van der Waals surface area contributed by atoms with Gasteiger partial charge in [0.1, 0.15) is 54.3 Å². The van der Waals surface area contributed by atoms with Gasteiger partial charge in [-0.3, -0.25) is 0 Å². The number of thioether (sulfide) groups is 1. The van der Waals surface area contributed by atoms with Crippen LogP contribution in [0.5, 0.6) is 0 Å². The molecule has 8 aromatic carbocycles. The van der Waals surface area contributed by atoms with E-state index in [0.717, 1.165) is 43.8 Å². The molecule has 0 N–H and O–H groups in total. The van der Waals surface area contributed by atoms with Gasteiger partial charge in [0.2, 0.25) is 0 Å². The van der Waals surface area contributed by atoms with Gasteiger partial charge >= 0.3 is 0 Å². The standard InChI is InChI=1S/C67H68O10S/c1-9-25-50(26-10-1)41-68-48-58-60(69-42-51-27-11-2-12-28-51)62(71-44-53-31-15-4-16-32-53)64(73-46-55-35-19-6-20-36-55)66(76-58)75-49-59-61(70-43-52-29-13-3-14-30-52)63(72-45-54-33-17-5-18-34-54)65(74-47-56-37-21-7-22-38-56)67(77-59)78-57-39-23-8-24-40-57/h1-40,58-67H,41-49H2/t58-,59-,60-,61-,62+,63+,64-,65-,66-,67+/m1/s1. The van der Waals surface area contributed by atoms with Gasteiger partial charge in [-0.25, -0.2) is 0 Å². The average Bonchev–Trinajstić information content (AvgIpc) is 3.52. The zero-order valence-electron chi connectivity index (χ0n) is 43.7. The Morgan fingerprint density at radius 1 is 0.269 bits per heavy atom. The fraction of sp³-hybridized carbons (Fsp3) is 0.284. The van der Waals surface area contributed by atoms with Gasteiger partial charge in [0.25, 0.3) is 0 Å². The second-order valence-electron chi connectivity index (χ2n) is 19.4. The van der Waals surface area contributed by atoms with E-state index in [9.17, 15) is 0 Å². The van der Waals surface area contributed by atoms with Crippen molar-refractivity contribution in [1.29, 1.82) is 0 Å². The first-order chi connectivity index (χ1) is 38.7. The number of hydrogen-bond donors (Lipinski definition) is 0. The van der Waals surface area contributed by atoms with E-state index in [1.807, 2.05) is 170 Å². The second kappa shape index (κ2) is 29.6. The molecule has 2 saturated heterocycles. The van der Waals surface area contributed by atoms with Crippen molar-refractivity contribution in [2.75, 3.05) is 13.2 Å². The van der Waals surface area contributed by atoms with Gasteiger partial charge in [-0.05, 0) is 51.1 Å². The summed E-state index contributed by atoms with van der Waals surface area (Å²) >= 11 is 1.59. The van der Waals surface area contributed by atoms with Gasteiger partial charge in [0, 0.05) is 4.90 Å². The lowest BCUT2D eigenvalue weighted by atomic mass is 9.97. The molecule has 0 aliphatic carbocycles. The van der Waals surface area contributed by atoms with Crippen LogP contribution in [0.2, 0.25) is 0 Å². The predicted molar refractivity (Wildman–Crippen MR) is 302 cm³/mol. The minimum Gasteiger partial charge on any atom is -0.374 e. The van der Waals surface area contributed by atoms with Crippen LogP contribution in [0.1, 0.15) is 38.9 Å². The van der Waals surface area contributed by atoms with Crippen molar-refractivity contribution >= 4 is 11.8 Å². The Morgan fingerprint density at radius 2 is 0.564 bits per heavy atom. The minimum absolute atomic E-state index is 0.0241. The van der Waals surface area contributed by atoms with Gasteiger partial charge < -0.3 is 47.4 Å². The highest BCUT2D eigenvalue weighted by molar-refractivity contribution is 7.99. The molecular formula is C67H68O10S. The molecule has 402 valence electrons. The maximum Gasteiger partial charge on any atom is 0.187 e. The SMILES string of the molecule is c1ccc(COC[C@H]2O[C@@H](OC[C@H]3O[C@@H](Sc4ccccc4)[C@H](OCc4ccccc4)[C@@H](OCc4ccccc4)[C@@H]3OCc3ccccc3)[C@H](OCc3ccccc3)[C@@H](OCc3ccccc3)[C@@H]2OCc2ccccc2)cc1. The average molecular weight is 1070 g/mol. The van der Waals surface area contributed by atoms with E-state index in [-0.39, 0.29) is 33.0 Å². The third-order valence-electron chi connectivity index (χ3n) is 13.7. The topological polar surface area (TPSA) is 92.3 Å². The highest BCUT2D eigenvalue weighted by Gasteiger charge is 2.52. The first kappa shape index (κ1) is 55.0. The first-order valence-electron chi connectivity index (χ1n) is 26.9. The van der Waals surface area contributed by atoms with Crippen LogP contribution in [-0.4, -0.2) is 73.8 Å². The van der Waals surface area contributed by atoms with Gasteiger partial charge in [-0.2, -0.15) is 0 Å². The Kier molecular flexibility index (Phi) is 20.9. The lowest BCUT2D eigenvalue weighted by Gasteiger charge is -2.48. The van der Waals surface area contributed by atoms with Gasteiger partial charge in [-0.1, -0.05) is 242 Å². The molecule has 11 heteroatoms. The molecule has 2 aliphatic rings. The Balaban J connectivity index is 1.01. The van der Waals surface area contributed by atoms with E-state index in [2.05, 4.69) is 72.8 Å². The van der Waals surface area contributed by atoms with Gasteiger partial charge in [0.15, 0.2) is 6.29 Å². The molecule has 0 amide bonds. The van der Waals surface area contributed by atoms with Crippen molar-refractivity contribution in [2.24, 2.45) is 0 Å². The lowest BCUT2D eigenvalue weighted by molar-refractivity contribution is -0.337. The predicted octanol–water partition coefficient (Wildman–Crippen LogP) is 13.0. The molecule has 0 unspecified atom stereocenters. The van der Waals surface area contributed by atoms with E-state index in [1.54, 1.807) is 11.8 Å². The second-order valence-corrected chi connectivity index (χ2v) is 20.6. The summed E-state index contributed by atoms with van der Waals surface area (Å²) in [7, 11) is 0. The first-order valence-corrected chi connectivity index (χ1v) is 27.8. The van der Waals surface area contributed by atoms with Crippen LogP contribution >= 0.6 is 11.8 Å². The maximum absolute atomic E-state index is 7.34. The summed E-state index contributed by atoms with van der Waals surface area (Å²) in [5.74, 6) is 0. The number of hydrogen-bond acceptors (Lipinski definition) is 11. The molecule has 10 atom stereocenters. The molecule has 2 fully saturated rings.